The van der Waals surface area contributed by atoms with E-state index in [1.807, 2.05) is 36.4 Å². The molecule has 1 aliphatic carbocycles. The summed E-state index contributed by atoms with van der Waals surface area (Å²) in [4.78, 5) is 9.12. The van der Waals surface area contributed by atoms with Gasteiger partial charge in [0.15, 0.2) is 11.5 Å². The number of anilines is 1. The summed E-state index contributed by atoms with van der Waals surface area (Å²) in [7, 11) is 0. The van der Waals surface area contributed by atoms with E-state index in [0.717, 1.165) is 23.4 Å². The van der Waals surface area contributed by atoms with E-state index in [1.165, 1.54) is 30.4 Å². The molecule has 1 aromatic carbocycles. The van der Waals surface area contributed by atoms with E-state index in [4.69, 9.17) is 0 Å². The molecule has 1 aliphatic heterocycles. The van der Waals surface area contributed by atoms with Gasteiger partial charge in [-0.2, -0.15) is 11.8 Å². The maximum absolute atomic E-state index is 13.4. The van der Waals surface area contributed by atoms with Crippen LogP contribution in [-0.2, 0) is 0 Å². The predicted molar refractivity (Wildman–Crippen MR) is 98.6 cm³/mol. The molecule has 1 saturated heterocycles. The quantitative estimate of drug-likeness (QED) is 0.754. The van der Waals surface area contributed by atoms with Gasteiger partial charge in [0.1, 0.15) is 5.82 Å². The second kappa shape index (κ2) is 6.02. The minimum absolute atomic E-state index is 0.171. The summed E-state index contributed by atoms with van der Waals surface area (Å²) in [6.07, 6.45) is 9.31. The Bertz CT molecular complexity index is 919. The van der Waals surface area contributed by atoms with Crippen molar-refractivity contribution in [3.63, 3.8) is 0 Å². The maximum Gasteiger partial charge on any atom is 0.180 e. The van der Waals surface area contributed by atoms with Crippen molar-refractivity contribution in [3.8, 4) is 0 Å². The Labute approximate surface area is 149 Å². The standard InChI is InChI=1S/C19H19FN4S/c20-13-4-1-3-12(9-13)14-10-15(14)23-18-19-22-11-16(17-5-2-8-25-17)24(19)7-6-21-18/h1,3-4,6-7,9,11,14-15,17H,2,5,8,10H2,(H,21,23)/t14?,15?,17-/m0/s1. The second-order valence-corrected chi connectivity index (χ2v) is 8.11. The zero-order chi connectivity index (χ0) is 16.8. The van der Waals surface area contributed by atoms with Crippen molar-refractivity contribution >= 4 is 23.2 Å². The van der Waals surface area contributed by atoms with E-state index in [0.29, 0.717) is 17.2 Å². The molecule has 0 spiro atoms. The van der Waals surface area contributed by atoms with Crippen molar-refractivity contribution in [2.24, 2.45) is 0 Å². The Morgan fingerprint density at radius 2 is 2.24 bits per heavy atom. The van der Waals surface area contributed by atoms with E-state index in [9.17, 15) is 4.39 Å². The first-order valence-electron chi connectivity index (χ1n) is 8.75. The van der Waals surface area contributed by atoms with Crippen LogP contribution in [0.1, 0.15) is 41.7 Å². The molecule has 0 radical (unpaired) electrons. The van der Waals surface area contributed by atoms with E-state index < -0.39 is 0 Å². The highest BCUT2D eigenvalue weighted by Gasteiger charge is 2.39. The van der Waals surface area contributed by atoms with Crippen LogP contribution < -0.4 is 5.32 Å². The zero-order valence-electron chi connectivity index (χ0n) is 13.7. The molecule has 0 amide bonds. The first-order valence-corrected chi connectivity index (χ1v) is 9.80. The van der Waals surface area contributed by atoms with E-state index >= 15 is 0 Å². The first kappa shape index (κ1) is 15.2. The minimum atomic E-state index is -0.171. The fraction of sp³-hybridized carbons (Fsp3) is 0.368. The molecular formula is C19H19FN4S. The molecule has 3 heterocycles. The number of thioether (sulfide) groups is 1. The van der Waals surface area contributed by atoms with Crippen LogP contribution >= 0.6 is 11.8 Å². The topological polar surface area (TPSA) is 42.2 Å². The van der Waals surface area contributed by atoms with Crippen LogP contribution in [0.4, 0.5) is 10.2 Å². The SMILES string of the molecule is Fc1cccc(C2CC2Nc2nccn3c([C@@H]4CCCS4)cnc23)c1. The molecular weight excluding hydrogens is 335 g/mol. The molecule has 2 unspecified atom stereocenters. The molecule has 2 aliphatic rings. The lowest BCUT2D eigenvalue weighted by Crippen LogP contribution is -2.08. The van der Waals surface area contributed by atoms with Gasteiger partial charge in [0.05, 0.1) is 11.9 Å². The number of imidazole rings is 1. The third kappa shape index (κ3) is 2.78. The number of halogens is 1. The number of hydrogen-bond acceptors (Lipinski definition) is 4. The third-order valence-electron chi connectivity index (χ3n) is 5.11. The summed E-state index contributed by atoms with van der Waals surface area (Å²) in [5, 5.41) is 4.04. The average Bonchev–Trinajstić information content (AvgIpc) is 3.00. The van der Waals surface area contributed by atoms with Gasteiger partial charge in [-0.3, -0.25) is 4.40 Å². The van der Waals surface area contributed by atoms with Gasteiger partial charge in [-0.05, 0) is 42.7 Å². The van der Waals surface area contributed by atoms with E-state index in [1.54, 1.807) is 12.1 Å². The van der Waals surface area contributed by atoms with Gasteiger partial charge in [-0.15, -0.1) is 0 Å². The Balaban J connectivity index is 1.39. The lowest BCUT2D eigenvalue weighted by molar-refractivity contribution is 0.625. The molecule has 2 fully saturated rings. The Morgan fingerprint density at radius 3 is 3.08 bits per heavy atom. The monoisotopic (exact) mass is 354 g/mol. The van der Waals surface area contributed by atoms with Gasteiger partial charge in [0.2, 0.25) is 0 Å². The molecule has 1 saturated carbocycles. The summed E-state index contributed by atoms with van der Waals surface area (Å²) in [6.45, 7) is 0. The second-order valence-electron chi connectivity index (χ2n) is 6.80. The van der Waals surface area contributed by atoms with Crippen molar-refractivity contribution in [2.75, 3.05) is 11.1 Å². The van der Waals surface area contributed by atoms with Crippen LogP contribution in [0.15, 0.2) is 42.9 Å². The van der Waals surface area contributed by atoms with Crippen molar-refractivity contribution < 1.29 is 4.39 Å². The van der Waals surface area contributed by atoms with Crippen LogP contribution in [0.3, 0.4) is 0 Å². The highest BCUT2D eigenvalue weighted by molar-refractivity contribution is 7.99. The van der Waals surface area contributed by atoms with Gasteiger partial charge >= 0.3 is 0 Å². The summed E-state index contributed by atoms with van der Waals surface area (Å²) in [6, 6.07) is 7.18. The Morgan fingerprint density at radius 1 is 1.28 bits per heavy atom. The normalized spacial score (nSPS) is 25.4. The Kier molecular flexibility index (Phi) is 3.66. The first-order chi connectivity index (χ1) is 12.3. The summed E-state index contributed by atoms with van der Waals surface area (Å²) >= 11 is 2.01. The number of nitrogens with zero attached hydrogens (tertiary/aromatic N) is 3. The van der Waals surface area contributed by atoms with Crippen LogP contribution in [0, 0.1) is 5.82 Å². The van der Waals surface area contributed by atoms with Gasteiger partial charge in [-0.1, -0.05) is 12.1 Å². The largest absolute Gasteiger partial charge is 0.364 e. The Hall–Kier alpha value is -2.08. The van der Waals surface area contributed by atoms with Crippen LogP contribution in [0.5, 0.6) is 0 Å². The van der Waals surface area contributed by atoms with E-state index in [-0.39, 0.29) is 5.82 Å². The fourth-order valence-electron chi connectivity index (χ4n) is 3.72. The van der Waals surface area contributed by atoms with Crippen LogP contribution in [0.25, 0.3) is 5.65 Å². The third-order valence-corrected chi connectivity index (χ3v) is 6.51. The maximum atomic E-state index is 13.4. The lowest BCUT2D eigenvalue weighted by atomic mass is 10.1. The molecule has 3 aromatic rings. The smallest absolute Gasteiger partial charge is 0.180 e. The molecule has 4 nitrogen and oxygen atoms in total. The van der Waals surface area contributed by atoms with Crippen molar-refractivity contribution in [1.82, 2.24) is 14.4 Å². The van der Waals surface area contributed by atoms with Crippen molar-refractivity contribution in [3.05, 3.63) is 59.9 Å². The number of rotatable bonds is 4. The van der Waals surface area contributed by atoms with Gasteiger partial charge in [0, 0.05) is 29.6 Å². The van der Waals surface area contributed by atoms with Crippen LogP contribution in [0.2, 0.25) is 0 Å². The summed E-state index contributed by atoms with van der Waals surface area (Å²) < 4.78 is 15.6. The van der Waals surface area contributed by atoms with Crippen molar-refractivity contribution in [1.29, 1.82) is 0 Å². The fourth-order valence-corrected chi connectivity index (χ4v) is 5.02. The zero-order valence-corrected chi connectivity index (χ0v) is 14.5. The highest BCUT2D eigenvalue weighted by atomic mass is 32.2. The number of nitrogens with one attached hydrogen (secondary N) is 1. The predicted octanol–water partition coefficient (Wildman–Crippen LogP) is 4.40. The number of benzene rings is 1. The average molecular weight is 354 g/mol. The number of fused-ring (bicyclic) bond motifs is 1. The van der Waals surface area contributed by atoms with Gasteiger partial charge in [0.25, 0.3) is 0 Å². The summed E-state index contributed by atoms with van der Waals surface area (Å²) in [5.41, 5.74) is 3.20. The number of hydrogen-bond donors (Lipinski definition) is 1. The molecule has 25 heavy (non-hydrogen) atoms. The van der Waals surface area contributed by atoms with Gasteiger partial charge in [-0.25, -0.2) is 14.4 Å². The van der Waals surface area contributed by atoms with Crippen LogP contribution in [-0.4, -0.2) is 26.2 Å². The highest BCUT2D eigenvalue weighted by Crippen LogP contribution is 2.44. The molecule has 0 bridgehead atoms. The summed E-state index contributed by atoms with van der Waals surface area (Å²) in [5.74, 6) is 2.22. The molecule has 6 heteroatoms. The van der Waals surface area contributed by atoms with Gasteiger partial charge < -0.3 is 5.32 Å². The molecule has 3 atom stereocenters. The molecule has 2 aromatic heterocycles. The molecule has 1 N–H and O–H groups in total. The molecule has 128 valence electrons. The van der Waals surface area contributed by atoms with Crippen molar-refractivity contribution in [2.45, 2.75) is 36.5 Å². The minimum Gasteiger partial charge on any atom is -0.364 e. The van der Waals surface area contributed by atoms with E-state index in [2.05, 4.69) is 19.7 Å². The lowest BCUT2D eigenvalue weighted by Gasteiger charge is -2.10. The molecule has 5 rings (SSSR count). The number of aromatic nitrogens is 3.